The van der Waals surface area contributed by atoms with Crippen LogP contribution in [0.1, 0.15) is 18.4 Å². The van der Waals surface area contributed by atoms with Gasteiger partial charge in [-0.1, -0.05) is 17.7 Å². The summed E-state index contributed by atoms with van der Waals surface area (Å²) in [5.41, 5.74) is 1.16. The van der Waals surface area contributed by atoms with Crippen molar-refractivity contribution in [2.75, 3.05) is 32.8 Å². The first kappa shape index (κ1) is 14.9. The van der Waals surface area contributed by atoms with Crippen LogP contribution in [0.4, 0.5) is 0 Å². The third kappa shape index (κ3) is 3.59. The SMILES string of the molecule is Cc1ccc(OCC(=O)N2CCN(C(=O)C3CC3)CC2)cc1. The van der Waals surface area contributed by atoms with Crippen molar-refractivity contribution in [2.45, 2.75) is 19.8 Å². The summed E-state index contributed by atoms with van der Waals surface area (Å²) in [5.74, 6) is 1.22. The van der Waals surface area contributed by atoms with Crippen LogP contribution in [0, 0.1) is 12.8 Å². The number of hydrogen-bond acceptors (Lipinski definition) is 3. The number of carbonyl (C=O) groups is 2. The summed E-state index contributed by atoms with van der Waals surface area (Å²) in [4.78, 5) is 27.8. The van der Waals surface area contributed by atoms with Crippen LogP contribution in [-0.4, -0.2) is 54.4 Å². The second-order valence-electron chi connectivity index (χ2n) is 6.08. The van der Waals surface area contributed by atoms with Gasteiger partial charge in [0.25, 0.3) is 5.91 Å². The van der Waals surface area contributed by atoms with Crippen molar-refractivity contribution in [3.8, 4) is 5.75 Å². The smallest absolute Gasteiger partial charge is 0.260 e. The molecular formula is C17H22N2O3. The minimum Gasteiger partial charge on any atom is -0.484 e. The summed E-state index contributed by atoms with van der Waals surface area (Å²) in [5, 5.41) is 0. The molecule has 0 bridgehead atoms. The second kappa shape index (κ2) is 6.38. The number of nitrogens with zero attached hydrogens (tertiary/aromatic N) is 2. The van der Waals surface area contributed by atoms with Crippen LogP contribution in [0.3, 0.4) is 0 Å². The largest absolute Gasteiger partial charge is 0.484 e. The maximum atomic E-state index is 12.2. The standard InChI is InChI=1S/C17H22N2O3/c1-13-2-6-15(7-3-13)22-12-16(20)18-8-10-19(11-9-18)17(21)14-4-5-14/h2-3,6-7,14H,4-5,8-12H2,1H3. The third-order valence-corrected chi connectivity index (χ3v) is 4.25. The van der Waals surface area contributed by atoms with Gasteiger partial charge in [0.2, 0.25) is 5.91 Å². The summed E-state index contributed by atoms with van der Waals surface area (Å²) >= 11 is 0. The summed E-state index contributed by atoms with van der Waals surface area (Å²) < 4.78 is 5.53. The molecular weight excluding hydrogens is 280 g/mol. The van der Waals surface area contributed by atoms with Gasteiger partial charge in [-0.25, -0.2) is 0 Å². The predicted octanol–water partition coefficient (Wildman–Crippen LogP) is 1.45. The van der Waals surface area contributed by atoms with Crippen molar-refractivity contribution >= 4 is 11.8 Å². The van der Waals surface area contributed by atoms with E-state index in [0.29, 0.717) is 31.9 Å². The Morgan fingerprint density at radius 2 is 1.64 bits per heavy atom. The molecule has 1 aromatic rings. The van der Waals surface area contributed by atoms with Crippen LogP contribution < -0.4 is 4.74 Å². The first-order chi connectivity index (χ1) is 10.6. The Kier molecular flexibility index (Phi) is 4.32. The Bertz CT molecular complexity index is 544. The molecule has 5 nitrogen and oxygen atoms in total. The maximum Gasteiger partial charge on any atom is 0.260 e. The number of ether oxygens (including phenoxy) is 1. The second-order valence-corrected chi connectivity index (χ2v) is 6.08. The minimum atomic E-state index is -0.0147. The molecule has 5 heteroatoms. The Morgan fingerprint density at radius 1 is 1.05 bits per heavy atom. The maximum absolute atomic E-state index is 12.2. The summed E-state index contributed by atoms with van der Waals surface area (Å²) in [7, 11) is 0. The third-order valence-electron chi connectivity index (χ3n) is 4.25. The van der Waals surface area contributed by atoms with Gasteiger partial charge in [-0.2, -0.15) is 0 Å². The average Bonchev–Trinajstić information content (AvgIpc) is 3.38. The van der Waals surface area contributed by atoms with Crippen molar-refractivity contribution in [3.05, 3.63) is 29.8 Å². The van der Waals surface area contributed by atoms with E-state index in [1.165, 1.54) is 0 Å². The molecule has 0 N–H and O–H groups in total. The molecule has 2 amide bonds. The highest BCUT2D eigenvalue weighted by Crippen LogP contribution is 2.31. The number of aryl methyl sites for hydroxylation is 1. The highest BCUT2D eigenvalue weighted by molar-refractivity contribution is 5.82. The Labute approximate surface area is 130 Å². The van der Waals surface area contributed by atoms with Crippen LogP contribution >= 0.6 is 0 Å². The monoisotopic (exact) mass is 302 g/mol. The number of benzene rings is 1. The van der Waals surface area contributed by atoms with Crippen molar-refractivity contribution < 1.29 is 14.3 Å². The summed E-state index contributed by atoms with van der Waals surface area (Å²) in [6.45, 7) is 4.57. The number of rotatable bonds is 4. The van der Waals surface area contributed by atoms with Gasteiger partial charge in [0, 0.05) is 32.1 Å². The van der Waals surface area contributed by atoms with E-state index in [1.807, 2.05) is 36.1 Å². The molecule has 22 heavy (non-hydrogen) atoms. The van der Waals surface area contributed by atoms with E-state index in [1.54, 1.807) is 4.90 Å². The molecule has 0 aromatic heterocycles. The number of amides is 2. The quantitative estimate of drug-likeness (QED) is 0.846. The highest BCUT2D eigenvalue weighted by atomic mass is 16.5. The van der Waals surface area contributed by atoms with Gasteiger partial charge in [-0.05, 0) is 31.9 Å². The zero-order valence-corrected chi connectivity index (χ0v) is 13.0. The normalized spacial score (nSPS) is 18.2. The lowest BCUT2D eigenvalue weighted by atomic mass is 10.2. The van der Waals surface area contributed by atoms with Gasteiger partial charge in [-0.15, -0.1) is 0 Å². The first-order valence-electron chi connectivity index (χ1n) is 7.89. The molecule has 0 spiro atoms. The molecule has 1 saturated carbocycles. The Balaban J connectivity index is 1.43. The van der Waals surface area contributed by atoms with Crippen LogP contribution in [0.15, 0.2) is 24.3 Å². The van der Waals surface area contributed by atoms with Gasteiger partial charge in [-0.3, -0.25) is 9.59 Å². The van der Waals surface area contributed by atoms with Gasteiger partial charge in [0.05, 0.1) is 0 Å². The molecule has 0 unspecified atom stereocenters. The topological polar surface area (TPSA) is 49.9 Å². The fourth-order valence-corrected chi connectivity index (χ4v) is 2.64. The van der Waals surface area contributed by atoms with E-state index in [4.69, 9.17) is 4.74 Å². The van der Waals surface area contributed by atoms with Crippen molar-refractivity contribution in [3.63, 3.8) is 0 Å². The molecule has 2 aliphatic rings. The molecule has 2 fully saturated rings. The predicted molar refractivity (Wildman–Crippen MR) is 82.6 cm³/mol. The molecule has 3 rings (SSSR count). The van der Waals surface area contributed by atoms with E-state index >= 15 is 0 Å². The van der Waals surface area contributed by atoms with Crippen LogP contribution in [0.2, 0.25) is 0 Å². The molecule has 1 aliphatic carbocycles. The van der Waals surface area contributed by atoms with Crippen molar-refractivity contribution in [1.29, 1.82) is 0 Å². The molecule has 1 saturated heterocycles. The molecule has 0 radical (unpaired) electrons. The van der Waals surface area contributed by atoms with Gasteiger partial charge in [0.1, 0.15) is 5.75 Å². The lowest BCUT2D eigenvalue weighted by Gasteiger charge is -2.34. The van der Waals surface area contributed by atoms with E-state index in [-0.39, 0.29) is 24.3 Å². The lowest BCUT2D eigenvalue weighted by molar-refractivity contribution is -0.141. The zero-order chi connectivity index (χ0) is 15.5. The molecule has 118 valence electrons. The number of hydrogen-bond donors (Lipinski definition) is 0. The van der Waals surface area contributed by atoms with Gasteiger partial charge >= 0.3 is 0 Å². The van der Waals surface area contributed by atoms with E-state index < -0.39 is 0 Å². The molecule has 1 heterocycles. The molecule has 1 aliphatic heterocycles. The molecule has 1 aromatic carbocycles. The fourth-order valence-electron chi connectivity index (χ4n) is 2.64. The Hall–Kier alpha value is -2.04. The highest BCUT2D eigenvalue weighted by Gasteiger charge is 2.35. The zero-order valence-electron chi connectivity index (χ0n) is 13.0. The summed E-state index contributed by atoms with van der Waals surface area (Å²) in [6, 6.07) is 7.66. The van der Waals surface area contributed by atoms with E-state index in [2.05, 4.69) is 0 Å². The van der Waals surface area contributed by atoms with Crippen LogP contribution in [-0.2, 0) is 9.59 Å². The van der Waals surface area contributed by atoms with Crippen LogP contribution in [0.25, 0.3) is 0 Å². The van der Waals surface area contributed by atoms with Crippen LogP contribution in [0.5, 0.6) is 5.75 Å². The first-order valence-corrected chi connectivity index (χ1v) is 7.89. The number of carbonyl (C=O) groups excluding carboxylic acids is 2. The Morgan fingerprint density at radius 3 is 2.23 bits per heavy atom. The fraction of sp³-hybridized carbons (Fsp3) is 0.529. The van der Waals surface area contributed by atoms with Gasteiger partial charge < -0.3 is 14.5 Å². The average molecular weight is 302 g/mol. The van der Waals surface area contributed by atoms with Gasteiger partial charge in [0.15, 0.2) is 6.61 Å². The lowest BCUT2D eigenvalue weighted by Crippen LogP contribution is -2.52. The van der Waals surface area contributed by atoms with Crippen molar-refractivity contribution in [2.24, 2.45) is 5.92 Å². The van der Waals surface area contributed by atoms with E-state index in [9.17, 15) is 9.59 Å². The number of piperazine rings is 1. The minimum absolute atomic E-state index is 0.0147. The molecule has 0 atom stereocenters. The van der Waals surface area contributed by atoms with Crippen molar-refractivity contribution in [1.82, 2.24) is 9.80 Å². The van der Waals surface area contributed by atoms with E-state index in [0.717, 1.165) is 18.4 Å². The summed E-state index contributed by atoms with van der Waals surface area (Å²) in [6.07, 6.45) is 2.06.